The highest BCUT2D eigenvalue weighted by atomic mass is 28.4. The number of hydrogen-bond donors (Lipinski definition) is 1. The van der Waals surface area contributed by atoms with Crippen molar-refractivity contribution in [2.24, 2.45) is 0 Å². The molecule has 3 rings (SSSR count). The topological polar surface area (TPSA) is 127 Å². The van der Waals surface area contributed by atoms with E-state index in [9.17, 15) is 19.5 Å². The molecule has 1 saturated heterocycles. The van der Waals surface area contributed by atoms with Gasteiger partial charge in [0.2, 0.25) is 11.7 Å². The second kappa shape index (κ2) is 13.8. The van der Waals surface area contributed by atoms with E-state index in [-0.39, 0.29) is 11.6 Å². The Hall–Kier alpha value is -2.41. The van der Waals surface area contributed by atoms with Gasteiger partial charge < -0.3 is 38.0 Å². The van der Waals surface area contributed by atoms with Crippen LogP contribution in [0, 0.1) is 0 Å². The molecule has 11 heteroatoms. The SMILES string of the molecule is C=C[C@@](O)([C@H](OCc1ccccc1)[C@H](C=O)O[Si](C)(C)C(C)(C)C)[C@@]1(C(=O)OC(C)(C)C)OC2(CCCC2)O[C@@H]1C(=O)OC(C)(C)C. The Kier molecular flexibility index (Phi) is 11.5. The molecule has 1 aromatic carbocycles. The minimum atomic E-state index is -2.72. The first kappa shape index (κ1) is 39.0. The van der Waals surface area contributed by atoms with Crippen molar-refractivity contribution in [3.05, 3.63) is 48.6 Å². The lowest BCUT2D eigenvalue weighted by Gasteiger charge is -2.49. The molecule has 0 amide bonds. The van der Waals surface area contributed by atoms with Crippen molar-refractivity contribution in [1.82, 2.24) is 0 Å². The first-order valence-electron chi connectivity index (χ1n) is 16.4. The molecule has 1 aliphatic carbocycles. The largest absolute Gasteiger partial charge is 0.458 e. The zero-order valence-corrected chi connectivity index (χ0v) is 31.1. The van der Waals surface area contributed by atoms with Crippen molar-refractivity contribution in [1.29, 1.82) is 0 Å². The summed E-state index contributed by atoms with van der Waals surface area (Å²) in [6.07, 6.45) is -1.16. The lowest BCUT2D eigenvalue weighted by atomic mass is 9.72. The maximum atomic E-state index is 14.7. The van der Waals surface area contributed by atoms with Gasteiger partial charge in [-0.1, -0.05) is 57.2 Å². The number of carbonyl (C=O) groups is 3. The summed E-state index contributed by atoms with van der Waals surface area (Å²) < 4.78 is 37.9. The molecule has 47 heavy (non-hydrogen) atoms. The summed E-state index contributed by atoms with van der Waals surface area (Å²) in [6.45, 7) is 23.8. The molecule has 1 aromatic rings. The molecule has 10 nitrogen and oxygen atoms in total. The van der Waals surface area contributed by atoms with Gasteiger partial charge in [-0.25, -0.2) is 9.59 Å². The van der Waals surface area contributed by atoms with E-state index in [4.69, 9.17) is 28.1 Å². The number of hydrogen-bond acceptors (Lipinski definition) is 10. The van der Waals surface area contributed by atoms with Gasteiger partial charge in [0, 0.05) is 12.8 Å². The summed E-state index contributed by atoms with van der Waals surface area (Å²) >= 11 is 0. The van der Waals surface area contributed by atoms with Gasteiger partial charge in [-0.2, -0.15) is 0 Å². The minimum Gasteiger partial charge on any atom is -0.458 e. The molecule has 0 bridgehead atoms. The van der Waals surface area contributed by atoms with E-state index in [1.165, 1.54) is 0 Å². The number of benzene rings is 1. The molecule has 1 heterocycles. The first-order valence-corrected chi connectivity index (χ1v) is 19.4. The van der Waals surface area contributed by atoms with Crippen molar-refractivity contribution in [3.63, 3.8) is 0 Å². The molecule has 2 fully saturated rings. The van der Waals surface area contributed by atoms with Gasteiger partial charge in [-0.3, -0.25) is 0 Å². The fraction of sp³-hybridized carbons (Fsp3) is 0.694. The summed E-state index contributed by atoms with van der Waals surface area (Å²) in [5, 5.41) is 12.8. The lowest BCUT2D eigenvalue weighted by molar-refractivity contribution is -0.259. The number of esters is 2. The van der Waals surface area contributed by atoms with Crippen LogP contribution < -0.4 is 0 Å². The average molecular weight is 677 g/mol. The number of ether oxygens (including phenoxy) is 5. The zero-order chi connectivity index (χ0) is 35.7. The van der Waals surface area contributed by atoms with Crippen molar-refractivity contribution in [2.75, 3.05) is 0 Å². The summed E-state index contributed by atoms with van der Waals surface area (Å²) in [5.74, 6) is -3.45. The van der Waals surface area contributed by atoms with Gasteiger partial charge in [-0.15, -0.1) is 6.58 Å². The van der Waals surface area contributed by atoms with Crippen LogP contribution in [0.3, 0.4) is 0 Å². The highest BCUT2D eigenvalue weighted by Gasteiger charge is 2.77. The monoisotopic (exact) mass is 676 g/mol. The van der Waals surface area contributed by atoms with Gasteiger partial charge in [0.15, 0.2) is 19.7 Å². The fourth-order valence-corrected chi connectivity index (χ4v) is 6.93. The van der Waals surface area contributed by atoms with Crippen LogP contribution >= 0.6 is 0 Å². The Bertz CT molecular complexity index is 1270. The van der Waals surface area contributed by atoms with Crippen molar-refractivity contribution in [2.45, 2.75) is 159 Å². The lowest BCUT2D eigenvalue weighted by Crippen LogP contribution is -2.74. The number of carbonyl (C=O) groups excluding carboxylic acids is 3. The Morgan fingerprint density at radius 1 is 1.00 bits per heavy atom. The molecule has 1 aliphatic heterocycles. The maximum absolute atomic E-state index is 14.7. The van der Waals surface area contributed by atoms with Gasteiger partial charge >= 0.3 is 11.9 Å². The third-order valence-corrected chi connectivity index (χ3v) is 13.5. The highest BCUT2D eigenvalue weighted by Crippen LogP contribution is 2.54. The van der Waals surface area contributed by atoms with Crippen LogP contribution in [0.25, 0.3) is 0 Å². The van der Waals surface area contributed by atoms with Gasteiger partial charge in [-0.05, 0) is 78.1 Å². The molecular weight excluding hydrogens is 620 g/mol. The summed E-state index contributed by atoms with van der Waals surface area (Å²) in [4.78, 5) is 41.9. The van der Waals surface area contributed by atoms with E-state index < -0.39 is 66.8 Å². The molecule has 5 atom stereocenters. The van der Waals surface area contributed by atoms with E-state index in [2.05, 4.69) is 6.58 Å². The smallest absolute Gasteiger partial charge is 0.346 e. The third-order valence-electron chi connectivity index (χ3n) is 9.02. The highest BCUT2D eigenvalue weighted by molar-refractivity contribution is 6.74. The standard InChI is InChI=1S/C36H56O10Si/c1-13-35(40,27(41-24-25-19-15-14-16-20-25)26(23-37)45-47(11,12)33(8,9)10)36(30(39)44-32(5,6)7)28(29(38)43-31(2,3)4)42-34(46-36)21-17-18-22-34/h13-16,19-20,23,26-28,40H,1,17-18,21-22,24H2,2-12H3/t26-,27+,28+,35+,36+/m0/s1. The predicted octanol–water partition coefficient (Wildman–Crippen LogP) is 6.19. The number of rotatable bonds is 12. The van der Waals surface area contributed by atoms with E-state index in [0.717, 1.165) is 11.6 Å². The van der Waals surface area contributed by atoms with Gasteiger partial charge in [0.25, 0.3) is 0 Å². The van der Waals surface area contributed by atoms with Crippen LogP contribution in [0.1, 0.15) is 93.6 Å². The maximum Gasteiger partial charge on any atom is 0.346 e. The minimum absolute atomic E-state index is 0.0830. The van der Waals surface area contributed by atoms with Crippen LogP contribution in [-0.2, 0) is 49.1 Å². The van der Waals surface area contributed by atoms with E-state index in [0.29, 0.717) is 32.0 Å². The Labute approximate surface area is 281 Å². The zero-order valence-electron chi connectivity index (χ0n) is 30.1. The van der Waals surface area contributed by atoms with Crippen LogP contribution in [0.15, 0.2) is 43.0 Å². The van der Waals surface area contributed by atoms with Crippen LogP contribution in [0.2, 0.25) is 18.1 Å². The van der Waals surface area contributed by atoms with Crippen LogP contribution in [-0.4, -0.2) is 78.2 Å². The predicted molar refractivity (Wildman–Crippen MR) is 180 cm³/mol. The molecule has 1 saturated carbocycles. The van der Waals surface area contributed by atoms with Gasteiger partial charge in [0.1, 0.15) is 29.7 Å². The molecule has 0 unspecified atom stereocenters. The number of aldehydes is 1. The molecule has 2 aliphatic rings. The second-order valence-corrected chi connectivity index (χ2v) is 21.0. The molecule has 0 aromatic heterocycles. The van der Waals surface area contributed by atoms with E-state index in [1.54, 1.807) is 41.5 Å². The van der Waals surface area contributed by atoms with Gasteiger partial charge in [0.05, 0.1) is 6.61 Å². The molecular formula is C36H56O10Si. The van der Waals surface area contributed by atoms with E-state index >= 15 is 0 Å². The molecule has 264 valence electrons. The number of aliphatic hydroxyl groups is 1. The molecule has 1 N–H and O–H groups in total. The van der Waals surface area contributed by atoms with Crippen LogP contribution in [0.4, 0.5) is 0 Å². The van der Waals surface area contributed by atoms with E-state index in [1.807, 2.05) is 64.2 Å². The Morgan fingerprint density at radius 2 is 1.55 bits per heavy atom. The summed E-state index contributed by atoms with van der Waals surface area (Å²) in [7, 11) is -2.72. The van der Waals surface area contributed by atoms with Crippen LogP contribution in [0.5, 0.6) is 0 Å². The fourth-order valence-electron chi connectivity index (χ4n) is 5.72. The molecule has 1 spiro atoms. The normalized spacial score (nSPS) is 24.3. The average Bonchev–Trinajstić information content (AvgIpc) is 3.55. The Balaban J connectivity index is 2.35. The first-order chi connectivity index (χ1) is 21.5. The molecule has 0 radical (unpaired) electrons. The van der Waals surface area contributed by atoms with Crippen molar-refractivity contribution < 1.29 is 47.6 Å². The second-order valence-electron chi connectivity index (χ2n) is 16.2. The Morgan fingerprint density at radius 3 is 2.02 bits per heavy atom. The van der Waals surface area contributed by atoms with Crippen molar-refractivity contribution >= 4 is 26.5 Å². The third kappa shape index (κ3) is 8.43. The summed E-state index contributed by atoms with van der Waals surface area (Å²) in [6, 6.07) is 9.16. The summed E-state index contributed by atoms with van der Waals surface area (Å²) in [5.41, 5.74) is -6.59. The quantitative estimate of drug-likeness (QED) is 0.119. The van der Waals surface area contributed by atoms with Crippen molar-refractivity contribution in [3.8, 4) is 0 Å².